The van der Waals surface area contributed by atoms with E-state index < -0.39 is 46.5 Å². The molecule has 0 aromatic heterocycles. The molecule has 2 heterocycles. The molecule has 1 atom stereocenters. The van der Waals surface area contributed by atoms with Gasteiger partial charge in [0.2, 0.25) is 0 Å². The minimum atomic E-state index is -5.21. The number of hydrogen-bond acceptors (Lipinski definition) is 5. The van der Waals surface area contributed by atoms with Crippen molar-refractivity contribution in [3.63, 3.8) is 0 Å². The molecule has 2 aromatic carbocycles. The number of piperazine rings is 1. The van der Waals surface area contributed by atoms with Crippen LogP contribution < -0.4 is 4.90 Å². The molecular weight excluding hydrogens is 554 g/mol. The maximum Gasteiger partial charge on any atom is 0.430 e. The molecule has 0 saturated carbocycles. The third-order valence-corrected chi connectivity index (χ3v) is 7.80. The molecule has 41 heavy (non-hydrogen) atoms. The highest BCUT2D eigenvalue weighted by atomic mass is 19.4. The highest BCUT2D eigenvalue weighted by Crippen LogP contribution is 2.41. The van der Waals surface area contributed by atoms with Crippen molar-refractivity contribution in [3.8, 4) is 0 Å². The third-order valence-electron chi connectivity index (χ3n) is 7.80. The monoisotopic (exact) mass is 586 g/mol. The number of anilines is 1. The fourth-order valence-corrected chi connectivity index (χ4v) is 5.49. The third kappa shape index (κ3) is 6.15. The van der Waals surface area contributed by atoms with Crippen LogP contribution in [0.3, 0.4) is 0 Å². The van der Waals surface area contributed by atoms with Crippen molar-refractivity contribution in [1.29, 1.82) is 0 Å². The Hall–Kier alpha value is -3.32. The van der Waals surface area contributed by atoms with Crippen molar-refractivity contribution in [1.82, 2.24) is 14.7 Å². The van der Waals surface area contributed by atoms with Crippen LogP contribution in [-0.4, -0.2) is 97.2 Å². The first-order valence-corrected chi connectivity index (χ1v) is 13.2. The number of benzene rings is 2. The van der Waals surface area contributed by atoms with E-state index in [1.165, 1.54) is 44.4 Å². The van der Waals surface area contributed by atoms with Crippen molar-refractivity contribution >= 4 is 17.5 Å². The number of aliphatic hydroxyl groups is 1. The van der Waals surface area contributed by atoms with E-state index in [2.05, 4.69) is 4.90 Å². The summed E-state index contributed by atoms with van der Waals surface area (Å²) in [5.41, 5.74) is -5.25. The number of halogens is 6. The average molecular weight is 587 g/mol. The largest absolute Gasteiger partial charge is 0.430 e. The molecule has 0 unspecified atom stereocenters. The minimum absolute atomic E-state index is 0.0253. The Bertz CT molecular complexity index is 1240. The normalized spacial score (nSPS) is 19.1. The number of hydrogen-bond donors (Lipinski definition) is 1. The van der Waals surface area contributed by atoms with Gasteiger partial charge in [-0.05, 0) is 31.0 Å². The van der Waals surface area contributed by atoms with Crippen molar-refractivity contribution in [2.75, 3.05) is 58.3 Å². The Labute approximate surface area is 233 Å². The molecule has 7 nitrogen and oxygen atoms in total. The van der Waals surface area contributed by atoms with Crippen molar-refractivity contribution in [2.24, 2.45) is 0 Å². The van der Waals surface area contributed by atoms with Crippen molar-refractivity contribution in [2.45, 2.75) is 36.8 Å². The Balaban J connectivity index is 1.38. The Kier molecular flexibility index (Phi) is 8.60. The lowest BCUT2D eigenvalue weighted by Crippen LogP contribution is -2.59. The first-order chi connectivity index (χ1) is 19.1. The summed E-state index contributed by atoms with van der Waals surface area (Å²) in [6.07, 6.45) is -9.12. The van der Waals surface area contributed by atoms with Crippen LogP contribution in [0, 0.1) is 0 Å². The van der Waals surface area contributed by atoms with Crippen molar-refractivity contribution in [3.05, 3.63) is 65.2 Å². The second kappa shape index (κ2) is 11.5. The van der Waals surface area contributed by atoms with Crippen molar-refractivity contribution < 1.29 is 41.0 Å². The first kappa shape index (κ1) is 30.6. The van der Waals surface area contributed by atoms with Gasteiger partial charge in [-0.3, -0.25) is 14.5 Å². The maximum atomic E-state index is 13.9. The SMILES string of the molecule is CN(C)C(=O)c1ccc(N2CCN(C3CCN(C(=O)[C@](O)(c4ccccc4)C(F)(F)F)CC3)CC2)cc1C(F)(F)F. The Morgan fingerprint density at radius 1 is 0.854 bits per heavy atom. The predicted molar refractivity (Wildman–Crippen MR) is 139 cm³/mol. The quantitative estimate of drug-likeness (QED) is 0.538. The predicted octanol–water partition coefficient (Wildman–Crippen LogP) is 3.97. The van der Waals surface area contributed by atoms with Crippen LogP contribution in [0.25, 0.3) is 0 Å². The zero-order valence-electron chi connectivity index (χ0n) is 22.7. The molecule has 1 N–H and O–H groups in total. The number of carbonyl (C=O) groups is 2. The second-order valence-corrected chi connectivity index (χ2v) is 10.5. The zero-order chi connectivity index (χ0) is 30.2. The van der Waals surface area contributed by atoms with Crippen LogP contribution in [0.5, 0.6) is 0 Å². The van der Waals surface area contributed by atoms with Crippen LogP contribution in [0.1, 0.15) is 34.3 Å². The fourth-order valence-electron chi connectivity index (χ4n) is 5.49. The highest BCUT2D eigenvalue weighted by molar-refractivity contribution is 5.96. The molecule has 2 fully saturated rings. The van der Waals surface area contributed by atoms with Gasteiger partial charge in [-0.15, -0.1) is 0 Å². The Morgan fingerprint density at radius 3 is 1.95 bits per heavy atom. The lowest BCUT2D eigenvalue weighted by molar-refractivity contribution is -0.262. The summed E-state index contributed by atoms with van der Waals surface area (Å²) in [6, 6.07) is 9.95. The number of rotatable bonds is 5. The summed E-state index contributed by atoms with van der Waals surface area (Å²) in [6.45, 7) is 1.92. The number of piperidine rings is 1. The smallest absolute Gasteiger partial charge is 0.369 e. The van der Waals surface area contributed by atoms with Gasteiger partial charge < -0.3 is 19.8 Å². The van der Waals surface area contributed by atoms with Gasteiger partial charge in [-0.2, -0.15) is 26.3 Å². The van der Waals surface area contributed by atoms with E-state index in [0.717, 1.165) is 28.0 Å². The van der Waals surface area contributed by atoms with Crippen LogP contribution in [0.4, 0.5) is 32.0 Å². The molecule has 2 aromatic rings. The summed E-state index contributed by atoms with van der Waals surface area (Å²) in [5, 5.41) is 10.6. The number of amides is 2. The molecule has 0 bridgehead atoms. The number of likely N-dealkylation sites (tertiary alicyclic amines) is 1. The molecule has 2 saturated heterocycles. The van der Waals surface area contributed by atoms with Gasteiger partial charge in [-0.1, -0.05) is 30.3 Å². The summed E-state index contributed by atoms with van der Waals surface area (Å²) in [5.74, 6) is -2.15. The van der Waals surface area contributed by atoms with Gasteiger partial charge in [0, 0.05) is 70.7 Å². The number of alkyl halides is 6. The Morgan fingerprint density at radius 2 is 1.44 bits per heavy atom. The van der Waals surface area contributed by atoms with E-state index in [4.69, 9.17) is 0 Å². The van der Waals surface area contributed by atoms with E-state index in [-0.39, 0.29) is 19.1 Å². The summed E-state index contributed by atoms with van der Waals surface area (Å²) >= 11 is 0. The number of nitrogens with zero attached hydrogens (tertiary/aromatic N) is 4. The lowest BCUT2D eigenvalue weighted by Gasteiger charge is -2.44. The van der Waals surface area contributed by atoms with Gasteiger partial charge in [-0.25, -0.2) is 0 Å². The zero-order valence-corrected chi connectivity index (χ0v) is 22.7. The first-order valence-electron chi connectivity index (χ1n) is 13.2. The summed E-state index contributed by atoms with van der Waals surface area (Å²) < 4.78 is 83.0. The molecule has 13 heteroatoms. The standard InChI is InChI=1S/C28H32F6N4O3/c1-35(2)24(39)22-9-8-21(18-23(22)27(29,30)31)37-16-14-36(15-17-37)20-10-12-38(13-11-20)25(40)26(41,28(32,33)34)19-6-4-3-5-7-19/h3-9,18,20,41H,10-17H2,1-2H3/t26-/m1/s1. The van der Waals surface area contributed by atoms with Crippen LogP contribution >= 0.6 is 0 Å². The van der Waals surface area contributed by atoms with Crippen LogP contribution in [0.15, 0.2) is 48.5 Å². The van der Waals surface area contributed by atoms with E-state index in [1.54, 1.807) is 4.90 Å². The molecule has 0 radical (unpaired) electrons. The maximum absolute atomic E-state index is 13.9. The van der Waals surface area contributed by atoms with E-state index >= 15 is 0 Å². The van der Waals surface area contributed by atoms with E-state index in [1.807, 2.05) is 0 Å². The van der Waals surface area contributed by atoms with Crippen LogP contribution in [-0.2, 0) is 16.6 Å². The number of carbonyl (C=O) groups excluding carboxylic acids is 2. The van der Waals surface area contributed by atoms with Gasteiger partial charge >= 0.3 is 12.4 Å². The molecule has 4 rings (SSSR count). The minimum Gasteiger partial charge on any atom is -0.369 e. The van der Waals surface area contributed by atoms with Crippen LogP contribution in [0.2, 0.25) is 0 Å². The average Bonchev–Trinajstić information content (AvgIpc) is 2.95. The molecule has 2 amide bonds. The van der Waals surface area contributed by atoms with Gasteiger partial charge in [0.05, 0.1) is 11.1 Å². The molecule has 0 aliphatic carbocycles. The topological polar surface area (TPSA) is 67.3 Å². The lowest BCUT2D eigenvalue weighted by atomic mass is 9.90. The van der Waals surface area contributed by atoms with E-state index in [9.17, 15) is 41.0 Å². The fraction of sp³-hybridized carbons (Fsp3) is 0.500. The molecule has 0 spiro atoms. The van der Waals surface area contributed by atoms with Gasteiger partial charge in [0.15, 0.2) is 0 Å². The summed E-state index contributed by atoms with van der Waals surface area (Å²) in [4.78, 5) is 31.3. The van der Waals surface area contributed by atoms with Gasteiger partial charge in [0.25, 0.3) is 17.4 Å². The molecule has 224 valence electrons. The molecule has 2 aliphatic rings. The molecule has 2 aliphatic heterocycles. The van der Waals surface area contributed by atoms with E-state index in [0.29, 0.717) is 44.7 Å². The second-order valence-electron chi connectivity index (χ2n) is 10.5. The highest BCUT2D eigenvalue weighted by Gasteiger charge is 2.62. The van der Waals surface area contributed by atoms with Gasteiger partial charge in [0.1, 0.15) is 0 Å². The molecular formula is C28H32F6N4O3. The summed E-state index contributed by atoms with van der Waals surface area (Å²) in [7, 11) is 2.77.